The van der Waals surface area contributed by atoms with Crippen molar-refractivity contribution in [3.63, 3.8) is 0 Å². The Kier molecular flexibility index (Phi) is 3.19. The van der Waals surface area contributed by atoms with Gasteiger partial charge in [-0.2, -0.15) is 0 Å². The molecule has 1 aromatic carbocycles. The summed E-state index contributed by atoms with van der Waals surface area (Å²) in [7, 11) is 1.28. The highest BCUT2D eigenvalue weighted by atomic mass is 79.9. The Morgan fingerprint density at radius 3 is 2.65 bits per heavy atom. The number of halogens is 1. The van der Waals surface area contributed by atoms with Gasteiger partial charge in [-0.15, -0.1) is 0 Å². The molecule has 2 rings (SSSR count). The molecule has 1 atom stereocenters. The van der Waals surface area contributed by atoms with Crippen LogP contribution in [-0.2, 0) is 14.3 Å². The second kappa shape index (κ2) is 4.49. The van der Waals surface area contributed by atoms with Gasteiger partial charge in [-0.25, -0.2) is 4.79 Å². The van der Waals surface area contributed by atoms with E-state index in [1.165, 1.54) is 7.11 Å². The van der Waals surface area contributed by atoms with Gasteiger partial charge < -0.3 is 9.64 Å². The van der Waals surface area contributed by atoms with Crippen LogP contribution in [0.3, 0.4) is 0 Å². The molecule has 1 aliphatic rings. The third-order valence-corrected chi connectivity index (χ3v) is 3.90. The predicted octanol–water partition coefficient (Wildman–Crippen LogP) is 1.73. The maximum Gasteiger partial charge on any atom is 0.332 e. The molecule has 0 N–H and O–H groups in total. The summed E-state index contributed by atoms with van der Waals surface area (Å²) in [5.41, 5.74) is 0.794. The van der Waals surface area contributed by atoms with Crippen LogP contribution in [0.15, 0.2) is 30.3 Å². The molecule has 0 aromatic heterocycles. The summed E-state index contributed by atoms with van der Waals surface area (Å²) in [6, 6.07) is 9.28. The second-order valence-corrected chi connectivity index (χ2v) is 5.19. The number of carbonyl (C=O) groups excluding carboxylic acids is 2. The van der Waals surface area contributed by atoms with Crippen molar-refractivity contribution in [2.45, 2.75) is 10.7 Å². The normalized spacial score (nSPS) is 23.9. The lowest BCUT2D eigenvalue weighted by atomic mass is 10.1. The summed E-state index contributed by atoms with van der Waals surface area (Å²) in [6.07, 6.45) is 0.410. The fourth-order valence-electron chi connectivity index (χ4n) is 1.89. The molecule has 1 saturated heterocycles. The lowest BCUT2D eigenvalue weighted by Crippen LogP contribution is -2.42. The summed E-state index contributed by atoms with van der Waals surface area (Å²) in [6.45, 7) is 0.503. The molecule has 0 aliphatic carbocycles. The van der Waals surface area contributed by atoms with E-state index in [-0.39, 0.29) is 5.91 Å². The summed E-state index contributed by atoms with van der Waals surface area (Å²) < 4.78 is 3.43. The molecule has 1 aliphatic heterocycles. The van der Waals surface area contributed by atoms with Crippen LogP contribution in [0, 0.1) is 0 Å². The number of methoxy groups -OCH3 is 1. The lowest BCUT2D eigenvalue weighted by molar-refractivity contribution is -0.145. The average Bonchev–Trinajstić information content (AvgIpc) is 2.67. The van der Waals surface area contributed by atoms with Crippen molar-refractivity contribution < 1.29 is 14.3 Å². The third kappa shape index (κ3) is 1.95. The van der Waals surface area contributed by atoms with Gasteiger partial charge in [-0.05, 0) is 12.1 Å². The molecule has 17 heavy (non-hydrogen) atoms. The SMILES string of the molecule is COC(=O)C1(Br)CCN(c2ccccc2)C1=O. The van der Waals surface area contributed by atoms with Gasteiger partial charge in [0.1, 0.15) is 0 Å². The smallest absolute Gasteiger partial charge is 0.332 e. The van der Waals surface area contributed by atoms with Crippen LogP contribution in [-0.4, -0.2) is 29.9 Å². The van der Waals surface area contributed by atoms with Gasteiger partial charge in [0.15, 0.2) is 0 Å². The maximum atomic E-state index is 12.2. The topological polar surface area (TPSA) is 46.6 Å². The molecule has 90 valence electrons. The third-order valence-electron chi connectivity index (χ3n) is 2.84. The Morgan fingerprint density at radius 1 is 1.41 bits per heavy atom. The van der Waals surface area contributed by atoms with Gasteiger partial charge >= 0.3 is 5.97 Å². The Balaban J connectivity index is 2.27. The molecular formula is C12H12BrNO3. The molecular weight excluding hydrogens is 286 g/mol. The molecule has 1 aromatic rings. The van der Waals surface area contributed by atoms with E-state index < -0.39 is 10.3 Å². The molecule has 1 amide bonds. The van der Waals surface area contributed by atoms with E-state index in [0.29, 0.717) is 13.0 Å². The number of carbonyl (C=O) groups is 2. The standard InChI is InChI=1S/C12H12BrNO3/c1-17-11(16)12(13)7-8-14(10(12)15)9-5-3-2-4-6-9/h2-6H,7-8H2,1H3. The van der Waals surface area contributed by atoms with E-state index in [1.807, 2.05) is 30.3 Å². The summed E-state index contributed by atoms with van der Waals surface area (Å²) in [5.74, 6) is -0.809. The first-order valence-corrected chi connectivity index (χ1v) is 6.03. The van der Waals surface area contributed by atoms with E-state index in [9.17, 15) is 9.59 Å². The first-order valence-electron chi connectivity index (χ1n) is 5.24. The van der Waals surface area contributed by atoms with Crippen molar-refractivity contribution in [3.8, 4) is 0 Å². The van der Waals surface area contributed by atoms with Gasteiger partial charge in [-0.1, -0.05) is 34.1 Å². The predicted molar refractivity (Wildman–Crippen MR) is 67.1 cm³/mol. The van der Waals surface area contributed by atoms with E-state index in [2.05, 4.69) is 20.7 Å². The van der Waals surface area contributed by atoms with E-state index in [4.69, 9.17) is 0 Å². The van der Waals surface area contributed by atoms with Crippen molar-refractivity contribution in [2.24, 2.45) is 0 Å². The van der Waals surface area contributed by atoms with Gasteiger partial charge in [0.25, 0.3) is 5.91 Å². The van der Waals surface area contributed by atoms with E-state index in [0.717, 1.165) is 5.69 Å². The van der Waals surface area contributed by atoms with Crippen molar-refractivity contribution >= 4 is 33.5 Å². The molecule has 0 radical (unpaired) electrons. The zero-order valence-electron chi connectivity index (χ0n) is 9.35. The zero-order chi connectivity index (χ0) is 12.5. The van der Waals surface area contributed by atoms with Crippen LogP contribution >= 0.6 is 15.9 Å². The molecule has 1 unspecified atom stereocenters. The van der Waals surface area contributed by atoms with Gasteiger partial charge in [0.2, 0.25) is 4.32 Å². The van der Waals surface area contributed by atoms with Crippen LogP contribution < -0.4 is 4.90 Å². The number of rotatable bonds is 2. The molecule has 1 heterocycles. The van der Waals surface area contributed by atoms with Crippen LogP contribution in [0.1, 0.15) is 6.42 Å². The number of ether oxygens (including phenoxy) is 1. The molecule has 1 fully saturated rings. The highest BCUT2D eigenvalue weighted by Crippen LogP contribution is 2.35. The minimum atomic E-state index is -1.22. The first kappa shape index (κ1) is 12.1. The van der Waals surface area contributed by atoms with Crippen LogP contribution in [0.4, 0.5) is 5.69 Å². The number of anilines is 1. The van der Waals surface area contributed by atoms with Crippen LogP contribution in [0.5, 0.6) is 0 Å². The number of hydrogen-bond donors (Lipinski definition) is 0. The first-order chi connectivity index (χ1) is 8.09. The van der Waals surface area contributed by atoms with E-state index in [1.54, 1.807) is 4.90 Å². The summed E-state index contributed by atoms with van der Waals surface area (Å²) in [4.78, 5) is 25.4. The minimum Gasteiger partial charge on any atom is -0.468 e. The fourth-order valence-corrected chi connectivity index (χ4v) is 2.45. The zero-order valence-corrected chi connectivity index (χ0v) is 10.9. The van der Waals surface area contributed by atoms with Crippen molar-refractivity contribution in [1.29, 1.82) is 0 Å². The number of nitrogens with zero attached hydrogens (tertiary/aromatic N) is 1. The molecule has 5 heteroatoms. The van der Waals surface area contributed by atoms with Crippen molar-refractivity contribution in [3.05, 3.63) is 30.3 Å². The number of amides is 1. The Hall–Kier alpha value is -1.36. The summed E-state index contributed by atoms with van der Waals surface area (Å²) >= 11 is 3.21. The van der Waals surface area contributed by atoms with Crippen LogP contribution in [0.2, 0.25) is 0 Å². The van der Waals surface area contributed by atoms with Gasteiger partial charge in [0.05, 0.1) is 7.11 Å². The highest BCUT2D eigenvalue weighted by Gasteiger charge is 2.52. The summed E-state index contributed by atoms with van der Waals surface area (Å²) in [5, 5.41) is 0. The molecule has 0 bridgehead atoms. The number of hydrogen-bond acceptors (Lipinski definition) is 3. The quantitative estimate of drug-likeness (QED) is 0.474. The molecule has 0 spiro atoms. The fraction of sp³-hybridized carbons (Fsp3) is 0.333. The molecule has 4 nitrogen and oxygen atoms in total. The number of benzene rings is 1. The lowest BCUT2D eigenvalue weighted by Gasteiger charge is -2.19. The van der Waals surface area contributed by atoms with Crippen LogP contribution in [0.25, 0.3) is 0 Å². The highest BCUT2D eigenvalue weighted by molar-refractivity contribution is 9.10. The Labute approximate surface area is 108 Å². The molecule has 0 saturated carbocycles. The van der Waals surface area contributed by atoms with Gasteiger partial charge in [0, 0.05) is 18.7 Å². The monoisotopic (exact) mass is 297 g/mol. The largest absolute Gasteiger partial charge is 0.468 e. The Morgan fingerprint density at radius 2 is 2.06 bits per heavy atom. The maximum absolute atomic E-state index is 12.2. The van der Waals surface area contributed by atoms with Crippen molar-refractivity contribution in [2.75, 3.05) is 18.6 Å². The van der Waals surface area contributed by atoms with Gasteiger partial charge in [-0.3, -0.25) is 4.79 Å². The van der Waals surface area contributed by atoms with E-state index >= 15 is 0 Å². The minimum absolute atomic E-state index is 0.268. The number of esters is 1. The Bertz CT molecular complexity index is 448. The average molecular weight is 298 g/mol. The second-order valence-electron chi connectivity index (χ2n) is 3.84. The number of alkyl halides is 1. The van der Waals surface area contributed by atoms with Crippen molar-refractivity contribution in [1.82, 2.24) is 0 Å². The number of para-hydroxylation sites is 1.